The van der Waals surface area contributed by atoms with Crippen LogP contribution in [0.25, 0.3) is 0 Å². The molecule has 2 saturated carbocycles. The number of anilines is 1. The Hall–Kier alpha value is -1.21. The first-order valence-corrected chi connectivity index (χ1v) is 8.71. The number of carbonyl (C=O) groups excluding carboxylic acids is 1. The minimum absolute atomic E-state index is 0.0282. The van der Waals surface area contributed by atoms with Gasteiger partial charge in [-0.1, -0.05) is 11.3 Å². The van der Waals surface area contributed by atoms with Gasteiger partial charge >= 0.3 is 6.03 Å². The topological polar surface area (TPSA) is 61.4 Å². The average Bonchev–Trinajstić information content (AvgIpc) is 3.41. The zero-order valence-corrected chi connectivity index (χ0v) is 12.9. The Morgan fingerprint density at radius 2 is 1.90 bits per heavy atom. The predicted molar refractivity (Wildman–Crippen MR) is 81.6 cm³/mol. The zero-order valence-electron chi connectivity index (χ0n) is 12.1. The molecule has 3 fully saturated rings. The Bertz CT molecular complexity index is 517. The van der Waals surface area contributed by atoms with Crippen molar-refractivity contribution in [1.29, 1.82) is 0 Å². The summed E-state index contributed by atoms with van der Waals surface area (Å²) >= 11 is 1.52. The van der Waals surface area contributed by atoms with Gasteiger partial charge in [-0.3, -0.25) is 10.2 Å². The molecule has 6 nitrogen and oxygen atoms in total. The first-order chi connectivity index (χ1) is 10.3. The van der Waals surface area contributed by atoms with Crippen LogP contribution in [0, 0.1) is 5.92 Å². The van der Waals surface area contributed by atoms with Crippen LogP contribution in [0.3, 0.4) is 0 Å². The number of piperazine rings is 1. The van der Waals surface area contributed by atoms with Gasteiger partial charge in [-0.15, -0.1) is 10.2 Å². The molecule has 2 heterocycles. The van der Waals surface area contributed by atoms with Gasteiger partial charge in [-0.05, 0) is 31.6 Å². The van der Waals surface area contributed by atoms with Crippen LogP contribution < -0.4 is 5.32 Å². The van der Waals surface area contributed by atoms with Crippen LogP contribution in [0.4, 0.5) is 9.93 Å². The lowest BCUT2D eigenvalue weighted by Crippen LogP contribution is -2.50. The van der Waals surface area contributed by atoms with Crippen LogP contribution >= 0.6 is 11.3 Å². The fourth-order valence-electron chi connectivity index (χ4n) is 2.75. The standard InChI is InChI=1S/C14H21N5OS/c20-14(15-13-17-16-12(21-13)11-3-4-11)19-7-5-18(6-8-19)9-10-1-2-10/h10-11H,1-9H2,(H,15,17,20). The van der Waals surface area contributed by atoms with E-state index in [1.165, 1.54) is 43.6 Å². The highest BCUT2D eigenvalue weighted by Crippen LogP contribution is 2.42. The van der Waals surface area contributed by atoms with E-state index in [2.05, 4.69) is 20.4 Å². The third-order valence-corrected chi connectivity index (χ3v) is 5.46. The maximum Gasteiger partial charge on any atom is 0.323 e. The zero-order chi connectivity index (χ0) is 14.2. The van der Waals surface area contributed by atoms with Crippen molar-refractivity contribution in [2.24, 2.45) is 5.92 Å². The van der Waals surface area contributed by atoms with Crippen molar-refractivity contribution >= 4 is 22.5 Å². The molecule has 4 rings (SSSR count). The summed E-state index contributed by atoms with van der Waals surface area (Å²) in [6, 6.07) is -0.0282. The molecule has 114 valence electrons. The van der Waals surface area contributed by atoms with E-state index in [1.807, 2.05) is 4.90 Å². The lowest BCUT2D eigenvalue weighted by Gasteiger charge is -2.34. The van der Waals surface area contributed by atoms with E-state index in [0.717, 1.165) is 37.1 Å². The minimum Gasteiger partial charge on any atom is -0.322 e. The summed E-state index contributed by atoms with van der Waals surface area (Å²) in [6.45, 7) is 4.83. The van der Waals surface area contributed by atoms with Gasteiger partial charge in [0.15, 0.2) is 0 Å². The summed E-state index contributed by atoms with van der Waals surface area (Å²) in [5.74, 6) is 1.52. The lowest BCUT2D eigenvalue weighted by atomic mass is 10.3. The van der Waals surface area contributed by atoms with E-state index < -0.39 is 0 Å². The maximum absolute atomic E-state index is 12.2. The van der Waals surface area contributed by atoms with Gasteiger partial charge < -0.3 is 4.90 Å². The smallest absolute Gasteiger partial charge is 0.322 e. The van der Waals surface area contributed by atoms with Gasteiger partial charge in [-0.25, -0.2) is 4.79 Å². The highest BCUT2D eigenvalue weighted by atomic mass is 32.1. The van der Waals surface area contributed by atoms with Crippen LogP contribution in [0.5, 0.6) is 0 Å². The molecule has 0 spiro atoms. The Kier molecular flexibility index (Phi) is 3.54. The van der Waals surface area contributed by atoms with Crippen molar-refractivity contribution in [3.05, 3.63) is 5.01 Å². The summed E-state index contributed by atoms with van der Waals surface area (Å²) < 4.78 is 0. The monoisotopic (exact) mass is 307 g/mol. The number of hydrogen-bond donors (Lipinski definition) is 1. The van der Waals surface area contributed by atoms with E-state index in [9.17, 15) is 4.79 Å². The molecule has 2 aliphatic carbocycles. The first kappa shape index (κ1) is 13.5. The summed E-state index contributed by atoms with van der Waals surface area (Å²) in [5.41, 5.74) is 0. The van der Waals surface area contributed by atoms with E-state index in [1.54, 1.807) is 0 Å². The highest BCUT2D eigenvalue weighted by molar-refractivity contribution is 7.15. The number of rotatable bonds is 4. The summed E-state index contributed by atoms with van der Waals surface area (Å²) in [4.78, 5) is 16.6. The number of aromatic nitrogens is 2. The van der Waals surface area contributed by atoms with Crippen LogP contribution in [0.15, 0.2) is 0 Å². The normalized spacial score (nSPS) is 23.3. The molecule has 7 heteroatoms. The molecular weight excluding hydrogens is 286 g/mol. The Morgan fingerprint density at radius 1 is 1.14 bits per heavy atom. The van der Waals surface area contributed by atoms with Crippen molar-refractivity contribution < 1.29 is 4.79 Å². The molecule has 1 saturated heterocycles. The fourth-order valence-corrected chi connectivity index (χ4v) is 3.65. The van der Waals surface area contributed by atoms with Crippen molar-refractivity contribution in [2.75, 3.05) is 38.0 Å². The second-order valence-electron chi connectivity index (χ2n) is 6.38. The average molecular weight is 307 g/mol. The molecule has 0 aromatic carbocycles. The van der Waals surface area contributed by atoms with E-state index in [-0.39, 0.29) is 6.03 Å². The van der Waals surface area contributed by atoms with Gasteiger partial charge in [-0.2, -0.15) is 0 Å². The molecule has 3 aliphatic rings. The minimum atomic E-state index is -0.0282. The van der Waals surface area contributed by atoms with Gasteiger partial charge in [0, 0.05) is 38.6 Å². The third-order valence-electron chi connectivity index (χ3n) is 4.45. The number of nitrogens with zero attached hydrogens (tertiary/aromatic N) is 4. The third kappa shape index (κ3) is 3.35. The molecule has 1 aromatic rings. The second-order valence-corrected chi connectivity index (χ2v) is 7.39. The molecule has 21 heavy (non-hydrogen) atoms. The second kappa shape index (κ2) is 5.53. The number of carbonyl (C=O) groups is 1. The number of amides is 2. The number of nitrogens with one attached hydrogen (secondary N) is 1. The Balaban J connectivity index is 1.26. The van der Waals surface area contributed by atoms with Gasteiger partial charge in [0.1, 0.15) is 5.01 Å². The van der Waals surface area contributed by atoms with Crippen molar-refractivity contribution in [3.63, 3.8) is 0 Å². The van der Waals surface area contributed by atoms with Crippen molar-refractivity contribution in [3.8, 4) is 0 Å². The summed E-state index contributed by atoms with van der Waals surface area (Å²) in [5, 5.41) is 12.8. The van der Waals surface area contributed by atoms with Crippen LogP contribution in [0.1, 0.15) is 36.6 Å². The van der Waals surface area contributed by atoms with Gasteiger partial charge in [0.05, 0.1) is 0 Å². The summed E-state index contributed by atoms with van der Waals surface area (Å²) in [6.07, 6.45) is 5.21. The van der Waals surface area contributed by atoms with Gasteiger partial charge in [0.25, 0.3) is 0 Å². The molecule has 0 bridgehead atoms. The predicted octanol–water partition coefficient (Wildman–Crippen LogP) is 1.98. The molecular formula is C14H21N5OS. The van der Waals surface area contributed by atoms with E-state index in [4.69, 9.17) is 0 Å². The highest BCUT2D eigenvalue weighted by Gasteiger charge is 2.29. The van der Waals surface area contributed by atoms with Crippen LogP contribution in [-0.4, -0.2) is 58.8 Å². The molecule has 1 aliphatic heterocycles. The van der Waals surface area contributed by atoms with Crippen LogP contribution in [-0.2, 0) is 0 Å². The molecule has 0 unspecified atom stereocenters. The first-order valence-electron chi connectivity index (χ1n) is 7.89. The SMILES string of the molecule is O=C(Nc1nnc(C2CC2)s1)N1CCN(CC2CC2)CC1. The lowest BCUT2D eigenvalue weighted by molar-refractivity contribution is 0.144. The van der Waals surface area contributed by atoms with Crippen molar-refractivity contribution in [1.82, 2.24) is 20.0 Å². The maximum atomic E-state index is 12.2. The molecule has 0 atom stereocenters. The number of hydrogen-bond acceptors (Lipinski definition) is 5. The Morgan fingerprint density at radius 3 is 2.57 bits per heavy atom. The van der Waals surface area contributed by atoms with E-state index >= 15 is 0 Å². The quantitative estimate of drug-likeness (QED) is 0.924. The largest absolute Gasteiger partial charge is 0.323 e. The number of urea groups is 1. The summed E-state index contributed by atoms with van der Waals surface area (Å²) in [7, 11) is 0. The fraction of sp³-hybridized carbons (Fsp3) is 0.786. The molecule has 1 aromatic heterocycles. The molecule has 2 amide bonds. The van der Waals surface area contributed by atoms with Gasteiger partial charge in [0.2, 0.25) is 5.13 Å². The van der Waals surface area contributed by atoms with Crippen molar-refractivity contribution in [2.45, 2.75) is 31.6 Å². The molecule has 1 N–H and O–H groups in total. The van der Waals surface area contributed by atoms with Crippen LogP contribution in [0.2, 0.25) is 0 Å². The molecule has 0 radical (unpaired) electrons. The van der Waals surface area contributed by atoms with E-state index in [0.29, 0.717) is 11.0 Å². The Labute approximate surface area is 128 Å².